The summed E-state index contributed by atoms with van der Waals surface area (Å²) in [6.45, 7) is 0. The normalized spacial score (nSPS) is 11.0. The number of hydrogen-bond acceptors (Lipinski definition) is 4. The Kier molecular flexibility index (Phi) is 4.59. The first-order chi connectivity index (χ1) is 9.96. The van der Waals surface area contributed by atoms with E-state index in [0.29, 0.717) is 22.2 Å². The maximum Gasteiger partial charge on any atom is 0.262 e. The first kappa shape index (κ1) is 15.5. The minimum Gasteiger partial charge on any atom is -0.497 e. The third-order valence-electron chi connectivity index (χ3n) is 2.78. The third kappa shape index (κ3) is 3.59. The van der Waals surface area contributed by atoms with Crippen LogP contribution in [0, 0.1) is 0 Å². The van der Waals surface area contributed by atoms with Crippen molar-refractivity contribution in [3.05, 3.63) is 47.5 Å². The van der Waals surface area contributed by atoms with Gasteiger partial charge < -0.3 is 9.47 Å². The van der Waals surface area contributed by atoms with Gasteiger partial charge in [0.2, 0.25) is 0 Å². The van der Waals surface area contributed by atoms with Crippen molar-refractivity contribution in [1.29, 1.82) is 0 Å². The molecule has 2 aromatic rings. The molecule has 0 saturated heterocycles. The molecule has 2 aromatic carbocycles. The predicted molar refractivity (Wildman–Crippen MR) is 81.8 cm³/mol. The Morgan fingerprint density at radius 1 is 1.00 bits per heavy atom. The highest BCUT2D eigenvalue weighted by atomic mass is 35.5. The number of halogens is 1. The van der Waals surface area contributed by atoms with Gasteiger partial charge >= 0.3 is 0 Å². The van der Waals surface area contributed by atoms with Gasteiger partial charge in [-0.1, -0.05) is 11.6 Å². The van der Waals surface area contributed by atoms with Gasteiger partial charge in [-0.3, -0.25) is 4.72 Å². The Balaban J connectivity index is 2.34. The minimum atomic E-state index is -3.71. The molecule has 0 saturated carbocycles. The molecular weight excluding hydrogens is 314 g/mol. The van der Waals surface area contributed by atoms with Crippen LogP contribution in [0.2, 0.25) is 5.02 Å². The van der Waals surface area contributed by atoms with Gasteiger partial charge in [0.15, 0.2) is 0 Å². The summed E-state index contributed by atoms with van der Waals surface area (Å²) < 4.78 is 37.3. The Hall–Kier alpha value is -1.92. The van der Waals surface area contributed by atoms with Crippen LogP contribution in [-0.4, -0.2) is 22.6 Å². The van der Waals surface area contributed by atoms with Crippen LogP contribution in [0.3, 0.4) is 0 Å². The molecule has 0 aliphatic heterocycles. The summed E-state index contributed by atoms with van der Waals surface area (Å²) in [4.78, 5) is 0.116. The number of ether oxygens (including phenoxy) is 2. The highest BCUT2D eigenvalue weighted by Gasteiger charge is 2.16. The molecule has 0 heterocycles. The zero-order chi connectivity index (χ0) is 15.5. The molecule has 112 valence electrons. The average Bonchev–Trinajstić information content (AvgIpc) is 2.47. The molecule has 0 aliphatic rings. The Labute approximate surface area is 128 Å². The van der Waals surface area contributed by atoms with Crippen molar-refractivity contribution >= 4 is 27.3 Å². The minimum absolute atomic E-state index is 0.116. The average molecular weight is 328 g/mol. The molecule has 0 bridgehead atoms. The Morgan fingerprint density at radius 2 is 1.67 bits per heavy atom. The second kappa shape index (κ2) is 6.24. The number of rotatable bonds is 5. The van der Waals surface area contributed by atoms with Crippen LogP contribution in [0.15, 0.2) is 47.4 Å². The van der Waals surface area contributed by atoms with E-state index in [4.69, 9.17) is 21.1 Å². The summed E-state index contributed by atoms with van der Waals surface area (Å²) in [6, 6.07) is 10.7. The first-order valence-electron chi connectivity index (χ1n) is 5.96. The summed E-state index contributed by atoms with van der Waals surface area (Å²) >= 11 is 5.75. The maximum atomic E-state index is 12.3. The van der Waals surface area contributed by atoms with Gasteiger partial charge in [0.25, 0.3) is 10.0 Å². The molecule has 0 aliphatic carbocycles. The molecule has 21 heavy (non-hydrogen) atoms. The van der Waals surface area contributed by atoms with E-state index in [9.17, 15) is 8.42 Å². The van der Waals surface area contributed by atoms with E-state index in [1.165, 1.54) is 38.5 Å². The van der Waals surface area contributed by atoms with E-state index >= 15 is 0 Å². The standard InChI is InChI=1S/C14H14ClNO4S/c1-19-11-5-8-13(14(9-11)20-2)16-21(17,18)12-6-3-10(15)4-7-12/h3-9,16H,1-2H3. The molecule has 0 unspecified atom stereocenters. The van der Waals surface area contributed by atoms with Gasteiger partial charge in [-0.05, 0) is 36.4 Å². The topological polar surface area (TPSA) is 64.6 Å². The van der Waals surface area contributed by atoms with Crippen LogP contribution in [0.5, 0.6) is 11.5 Å². The van der Waals surface area contributed by atoms with Crippen LogP contribution in [0.1, 0.15) is 0 Å². The van der Waals surface area contributed by atoms with Crippen LogP contribution in [0.4, 0.5) is 5.69 Å². The second-order valence-corrected chi connectivity index (χ2v) is 6.24. The molecule has 5 nitrogen and oxygen atoms in total. The van der Waals surface area contributed by atoms with Crippen LogP contribution in [-0.2, 0) is 10.0 Å². The third-order valence-corrected chi connectivity index (χ3v) is 4.41. The monoisotopic (exact) mass is 327 g/mol. The smallest absolute Gasteiger partial charge is 0.262 e. The highest BCUT2D eigenvalue weighted by Crippen LogP contribution is 2.30. The molecule has 2 rings (SSSR count). The van der Waals surface area contributed by atoms with Gasteiger partial charge in [-0.2, -0.15) is 0 Å². The van der Waals surface area contributed by atoms with E-state index in [1.807, 2.05) is 0 Å². The predicted octanol–water partition coefficient (Wildman–Crippen LogP) is 3.16. The SMILES string of the molecule is COc1ccc(NS(=O)(=O)c2ccc(Cl)cc2)c(OC)c1. The summed E-state index contributed by atoms with van der Waals surface area (Å²) in [5, 5.41) is 0.468. The highest BCUT2D eigenvalue weighted by molar-refractivity contribution is 7.92. The number of methoxy groups -OCH3 is 2. The largest absolute Gasteiger partial charge is 0.497 e. The van der Waals surface area contributed by atoms with Crippen LogP contribution in [0.25, 0.3) is 0 Å². The van der Waals surface area contributed by atoms with E-state index in [2.05, 4.69) is 4.72 Å². The number of hydrogen-bond donors (Lipinski definition) is 1. The lowest BCUT2D eigenvalue weighted by atomic mass is 10.3. The molecule has 0 amide bonds. The fraction of sp³-hybridized carbons (Fsp3) is 0.143. The summed E-state index contributed by atoms with van der Waals surface area (Å²) in [5.74, 6) is 0.938. The summed E-state index contributed by atoms with van der Waals surface area (Å²) in [5.41, 5.74) is 0.327. The molecule has 0 radical (unpaired) electrons. The summed E-state index contributed by atoms with van der Waals surface area (Å²) in [6.07, 6.45) is 0. The number of sulfonamides is 1. The molecule has 0 aromatic heterocycles. The number of benzene rings is 2. The van der Waals surface area contributed by atoms with E-state index in [0.717, 1.165) is 0 Å². The van der Waals surface area contributed by atoms with Gasteiger partial charge in [-0.15, -0.1) is 0 Å². The lowest BCUT2D eigenvalue weighted by Gasteiger charge is -2.13. The van der Waals surface area contributed by atoms with Crippen molar-refractivity contribution < 1.29 is 17.9 Å². The molecule has 7 heteroatoms. The van der Waals surface area contributed by atoms with Crippen molar-refractivity contribution in [2.45, 2.75) is 4.90 Å². The first-order valence-corrected chi connectivity index (χ1v) is 7.83. The number of nitrogens with one attached hydrogen (secondary N) is 1. The van der Waals surface area contributed by atoms with Crippen molar-refractivity contribution in [2.75, 3.05) is 18.9 Å². The molecule has 1 N–H and O–H groups in total. The molecule has 0 atom stereocenters. The van der Waals surface area contributed by atoms with Gasteiger partial charge in [0.1, 0.15) is 11.5 Å². The van der Waals surface area contributed by atoms with Crippen molar-refractivity contribution in [3.8, 4) is 11.5 Å². The zero-order valence-electron chi connectivity index (χ0n) is 11.5. The van der Waals surface area contributed by atoms with Crippen molar-refractivity contribution in [1.82, 2.24) is 0 Å². The second-order valence-electron chi connectivity index (χ2n) is 4.13. The maximum absolute atomic E-state index is 12.3. The van der Waals surface area contributed by atoms with Crippen LogP contribution >= 0.6 is 11.6 Å². The van der Waals surface area contributed by atoms with E-state index in [1.54, 1.807) is 18.2 Å². The number of anilines is 1. The summed E-state index contributed by atoms with van der Waals surface area (Å²) in [7, 11) is -0.738. The van der Waals surface area contributed by atoms with Gasteiger partial charge in [0, 0.05) is 11.1 Å². The lowest BCUT2D eigenvalue weighted by molar-refractivity contribution is 0.395. The fourth-order valence-corrected chi connectivity index (χ4v) is 2.90. The van der Waals surface area contributed by atoms with Crippen molar-refractivity contribution in [2.24, 2.45) is 0 Å². The van der Waals surface area contributed by atoms with E-state index in [-0.39, 0.29) is 4.90 Å². The van der Waals surface area contributed by atoms with E-state index < -0.39 is 10.0 Å². The van der Waals surface area contributed by atoms with Crippen molar-refractivity contribution in [3.63, 3.8) is 0 Å². The molecule has 0 fully saturated rings. The van der Waals surface area contributed by atoms with Crippen LogP contribution < -0.4 is 14.2 Å². The zero-order valence-corrected chi connectivity index (χ0v) is 13.0. The Morgan fingerprint density at radius 3 is 2.24 bits per heavy atom. The fourth-order valence-electron chi connectivity index (χ4n) is 1.70. The quantitative estimate of drug-likeness (QED) is 0.916. The molecular formula is C14H14ClNO4S. The van der Waals surface area contributed by atoms with Gasteiger partial charge in [-0.25, -0.2) is 8.42 Å². The lowest BCUT2D eigenvalue weighted by Crippen LogP contribution is -2.13. The Bertz CT molecular complexity index is 729. The molecule has 0 spiro atoms. The van der Waals surface area contributed by atoms with Gasteiger partial charge in [0.05, 0.1) is 24.8 Å².